The molecule has 2 N–H and O–H groups in total. The first kappa shape index (κ1) is 18.8. The summed E-state index contributed by atoms with van der Waals surface area (Å²) < 4.78 is 8.11. The first-order valence-corrected chi connectivity index (χ1v) is 9.22. The van der Waals surface area contributed by atoms with Crippen molar-refractivity contribution < 1.29 is 14.1 Å². The summed E-state index contributed by atoms with van der Waals surface area (Å²) in [6.45, 7) is 4.64. The zero-order chi connectivity index (χ0) is 19.6. The summed E-state index contributed by atoms with van der Waals surface area (Å²) in [5.74, 6) is -0.291. The van der Waals surface area contributed by atoms with Crippen molar-refractivity contribution in [2.24, 2.45) is 0 Å². The lowest BCUT2D eigenvalue weighted by Crippen LogP contribution is -2.42. The molecule has 0 fully saturated rings. The van der Waals surface area contributed by atoms with Gasteiger partial charge in [-0.3, -0.25) is 9.20 Å². The molecule has 0 aliphatic carbocycles. The van der Waals surface area contributed by atoms with E-state index in [1.54, 1.807) is 16.8 Å². The number of fused-ring (bicyclic) bond motifs is 2. The van der Waals surface area contributed by atoms with E-state index in [0.29, 0.717) is 23.2 Å². The molecule has 0 aromatic carbocycles. The molecule has 0 saturated heterocycles. The summed E-state index contributed by atoms with van der Waals surface area (Å²) in [7, 11) is 1.30. The second-order valence-electron chi connectivity index (χ2n) is 6.69. The van der Waals surface area contributed by atoms with Crippen LogP contribution in [0.3, 0.4) is 0 Å². The lowest BCUT2D eigenvalue weighted by Gasteiger charge is -2.11. The van der Waals surface area contributed by atoms with Gasteiger partial charge in [0.05, 0.1) is 13.7 Å². The predicted octanol–water partition coefficient (Wildman–Crippen LogP) is 2.39. The van der Waals surface area contributed by atoms with Crippen molar-refractivity contribution in [2.75, 3.05) is 12.8 Å². The van der Waals surface area contributed by atoms with Crippen molar-refractivity contribution in [3.8, 4) is 0 Å². The highest BCUT2D eigenvalue weighted by Gasteiger charge is 2.24. The number of nitrogen functional groups attached to an aromatic ring is 1. The summed E-state index contributed by atoms with van der Waals surface area (Å²) in [5, 5.41) is 0.350. The van der Waals surface area contributed by atoms with Crippen LogP contribution in [0.4, 0.5) is 5.82 Å². The number of ether oxygens (including phenoxy) is 1. The molecule has 142 valence electrons. The average molecular weight is 369 g/mol. The molecular formula is C20H25N4O3+. The second-order valence-corrected chi connectivity index (χ2v) is 6.69. The van der Waals surface area contributed by atoms with Gasteiger partial charge in [-0.2, -0.15) is 0 Å². The second kappa shape index (κ2) is 7.73. The van der Waals surface area contributed by atoms with Gasteiger partial charge in [-0.25, -0.2) is 9.36 Å². The lowest BCUT2D eigenvalue weighted by atomic mass is 10.1. The van der Waals surface area contributed by atoms with Crippen molar-refractivity contribution in [3.05, 3.63) is 45.9 Å². The minimum Gasteiger partial charge on any atom is -0.465 e. The van der Waals surface area contributed by atoms with E-state index in [9.17, 15) is 9.59 Å². The number of carbonyl (C=O) groups is 1. The molecule has 3 rings (SSSR count). The van der Waals surface area contributed by atoms with Gasteiger partial charge in [0, 0.05) is 11.8 Å². The predicted molar refractivity (Wildman–Crippen MR) is 104 cm³/mol. The third-order valence-corrected chi connectivity index (χ3v) is 4.82. The maximum Gasteiger partial charge on any atom is 0.344 e. The van der Waals surface area contributed by atoms with Gasteiger partial charge in [0.1, 0.15) is 10.9 Å². The zero-order valence-corrected chi connectivity index (χ0v) is 16.0. The van der Waals surface area contributed by atoms with E-state index in [2.05, 4.69) is 6.92 Å². The lowest BCUT2D eigenvalue weighted by molar-refractivity contribution is -0.659. The number of rotatable bonds is 6. The molecule has 0 saturated carbocycles. The zero-order valence-electron chi connectivity index (χ0n) is 16.0. The van der Waals surface area contributed by atoms with Gasteiger partial charge in [0.25, 0.3) is 11.2 Å². The number of pyridine rings is 2. The molecule has 3 aromatic rings. The Morgan fingerprint density at radius 3 is 2.81 bits per heavy atom. The number of hydrogen-bond donors (Lipinski definition) is 1. The van der Waals surface area contributed by atoms with Crippen molar-refractivity contribution in [1.82, 2.24) is 9.38 Å². The Labute approximate surface area is 157 Å². The van der Waals surface area contributed by atoms with E-state index < -0.39 is 5.97 Å². The number of esters is 1. The van der Waals surface area contributed by atoms with Gasteiger partial charge in [0.2, 0.25) is 11.5 Å². The fourth-order valence-corrected chi connectivity index (χ4v) is 3.31. The van der Waals surface area contributed by atoms with Crippen LogP contribution >= 0.6 is 0 Å². The largest absolute Gasteiger partial charge is 0.465 e. The summed E-state index contributed by atoms with van der Waals surface area (Å²) in [6.07, 6.45) is 5.84. The molecule has 0 bridgehead atoms. The van der Waals surface area contributed by atoms with E-state index in [-0.39, 0.29) is 16.9 Å². The first-order chi connectivity index (χ1) is 13.0. The van der Waals surface area contributed by atoms with Crippen LogP contribution in [-0.4, -0.2) is 22.5 Å². The molecule has 7 heteroatoms. The molecular weight excluding hydrogens is 344 g/mol. The van der Waals surface area contributed by atoms with Crippen LogP contribution in [0.15, 0.2) is 29.2 Å². The van der Waals surface area contributed by atoms with Gasteiger partial charge >= 0.3 is 5.97 Å². The SMILES string of the molecule is CCCCCC[n+]1c(N)c(C(=O)OC)cc2c(=O)n3cccc(C)c3nc21. The Hall–Kier alpha value is -2.96. The fourth-order valence-electron chi connectivity index (χ4n) is 3.31. The first-order valence-electron chi connectivity index (χ1n) is 9.22. The van der Waals surface area contributed by atoms with E-state index in [1.165, 1.54) is 17.6 Å². The van der Waals surface area contributed by atoms with Crippen molar-refractivity contribution in [3.63, 3.8) is 0 Å². The maximum absolute atomic E-state index is 13.1. The highest BCUT2D eigenvalue weighted by molar-refractivity contribution is 5.96. The molecule has 0 aliphatic rings. The van der Waals surface area contributed by atoms with E-state index in [0.717, 1.165) is 31.2 Å². The third-order valence-electron chi connectivity index (χ3n) is 4.82. The van der Waals surface area contributed by atoms with E-state index in [4.69, 9.17) is 15.5 Å². The summed E-state index contributed by atoms with van der Waals surface area (Å²) in [5.41, 5.74) is 8.22. The van der Waals surface area contributed by atoms with Crippen LogP contribution in [0.2, 0.25) is 0 Å². The Morgan fingerprint density at radius 2 is 2.11 bits per heavy atom. The molecule has 0 aliphatic heterocycles. The highest BCUT2D eigenvalue weighted by atomic mass is 16.5. The van der Waals surface area contributed by atoms with Gasteiger partial charge < -0.3 is 10.5 Å². The number of aromatic nitrogens is 3. The number of nitrogens with two attached hydrogens (primary N) is 1. The Balaban J connectivity index is 2.31. The topological polar surface area (TPSA) is 90.6 Å². The van der Waals surface area contributed by atoms with Crippen LogP contribution in [0.1, 0.15) is 48.5 Å². The molecule has 0 radical (unpaired) electrons. The molecule has 0 amide bonds. The van der Waals surface area contributed by atoms with Crippen LogP contribution in [-0.2, 0) is 11.3 Å². The number of unbranched alkanes of at least 4 members (excludes halogenated alkanes) is 3. The van der Waals surface area contributed by atoms with E-state index in [1.807, 2.05) is 13.0 Å². The third kappa shape index (κ3) is 3.37. The van der Waals surface area contributed by atoms with Gasteiger partial charge in [0.15, 0.2) is 0 Å². The fraction of sp³-hybridized carbons (Fsp3) is 0.400. The van der Waals surface area contributed by atoms with Crippen LogP contribution in [0.25, 0.3) is 16.7 Å². The quantitative estimate of drug-likeness (QED) is 0.312. The molecule has 3 heterocycles. The number of aryl methyl sites for hydroxylation is 2. The summed E-state index contributed by atoms with van der Waals surface area (Å²) >= 11 is 0. The minimum absolute atomic E-state index is 0.187. The normalized spacial score (nSPS) is 11.2. The number of hydrogen-bond acceptors (Lipinski definition) is 5. The summed E-state index contributed by atoms with van der Waals surface area (Å²) in [4.78, 5) is 30.0. The van der Waals surface area contributed by atoms with Crippen LogP contribution in [0.5, 0.6) is 0 Å². The number of anilines is 1. The molecule has 3 aromatic heterocycles. The van der Waals surface area contributed by atoms with Gasteiger partial charge in [-0.15, -0.1) is 0 Å². The smallest absolute Gasteiger partial charge is 0.344 e. The molecule has 27 heavy (non-hydrogen) atoms. The van der Waals surface area contributed by atoms with Crippen molar-refractivity contribution in [2.45, 2.75) is 46.1 Å². The minimum atomic E-state index is -0.564. The van der Waals surface area contributed by atoms with Crippen LogP contribution < -0.4 is 15.9 Å². The maximum atomic E-state index is 13.1. The molecule has 7 nitrogen and oxygen atoms in total. The number of carbonyl (C=O) groups excluding carboxylic acids is 1. The Kier molecular flexibility index (Phi) is 5.39. The van der Waals surface area contributed by atoms with Crippen molar-refractivity contribution in [1.29, 1.82) is 0 Å². The molecule has 0 unspecified atom stereocenters. The molecule has 0 spiro atoms. The van der Waals surface area contributed by atoms with E-state index >= 15 is 0 Å². The molecule has 0 atom stereocenters. The summed E-state index contributed by atoms with van der Waals surface area (Å²) in [6, 6.07) is 5.20. The van der Waals surface area contributed by atoms with Gasteiger partial charge in [-0.1, -0.05) is 37.2 Å². The Morgan fingerprint density at radius 1 is 1.33 bits per heavy atom. The van der Waals surface area contributed by atoms with Gasteiger partial charge in [-0.05, 0) is 25.5 Å². The monoisotopic (exact) mass is 369 g/mol. The standard InChI is InChI=1S/C20H24N4O3/c1-4-5-6-7-10-23-16(21)14(20(26)27-3)12-15-18(23)22-17-13(2)9-8-11-24(17)19(15)25/h8-9,11-12,21H,4-7,10H2,1-3H3/p+1. The van der Waals surface area contributed by atoms with Crippen molar-refractivity contribution >= 4 is 28.5 Å². The Bertz CT molecular complexity index is 1070. The highest BCUT2D eigenvalue weighted by Crippen LogP contribution is 2.17. The van der Waals surface area contributed by atoms with Crippen LogP contribution in [0, 0.1) is 6.92 Å². The average Bonchev–Trinajstić information content (AvgIpc) is 2.67. The number of nitrogens with zero attached hydrogens (tertiary/aromatic N) is 3. The number of methoxy groups -OCH3 is 1.